The molecule has 0 fully saturated rings. The molecule has 21 heavy (non-hydrogen) atoms. The Kier molecular flexibility index (Phi) is 5.23. The molecule has 0 aliphatic heterocycles. The molecule has 0 saturated heterocycles. The summed E-state index contributed by atoms with van der Waals surface area (Å²) in [6, 6.07) is -0.126. The zero-order valence-corrected chi connectivity index (χ0v) is 15.0. The van der Waals surface area contributed by atoms with E-state index in [2.05, 4.69) is 5.10 Å². The van der Waals surface area contributed by atoms with Crippen molar-refractivity contribution in [3.63, 3.8) is 0 Å². The predicted octanol–water partition coefficient (Wildman–Crippen LogP) is 1.51. The average Bonchev–Trinajstić information content (AvgIpc) is 2.62. The first-order valence-corrected chi connectivity index (χ1v) is 8.60. The first-order valence-electron chi connectivity index (χ1n) is 7.16. The Morgan fingerprint density at radius 2 is 1.86 bits per heavy atom. The largest absolute Gasteiger partial charge is 0.329 e. The molecule has 0 spiro atoms. The lowest BCUT2D eigenvalue weighted by Crippen LogP contribution is -2.43. The van der Waals surface area contributed by atoms with Crippen molar-refractivity contribution in [2.24, 2.45) is 11.1 Å². The van der Waals surface area contributed by atoms with Crippen LogP contribution in [0.4, 0.5) is 0 Å². The molecule has 0 aliphatic rings. The summed E-state index contributed by atoms with van der Waals surface area (Å²) in [6.07, 6.45) is 0. The lowest BCUT2D eigenvalue weighted by Gasteiger charge is -2.34. The Morgan fingerprint density at radius 3 is 2.29 bits per heavy atom. The van der Waals surface area contributed by atoms with E-state index in [-0.39, 0.29) is 11.5 Å². The second-order valence-corrected chi connectivity index (χ2v) is 8.51. The summed E-state index contributed by atoms with van der Waals surface area (Å²) in [7, 11) is -1.94. The van der Waals surface area contributed by atoms with Gasteiger partial charge >= 0.3 is 0 Å². The third-order valence-corrected chi connectivity index (χ3v) is 6.27. The number of nitrogens with two attached hydrogens (primary N) is 1. The van der Waals surface area contributed by atoms with Gasteiger partial charge in [0.1, 0.15) is 4.90 Å². The highest BCUT2D eigenvalue weighted by atomic mass is 32.2. The average molecular weight is 316 g/mol. The van der Waals surface area contributed by atoms with Gasteiger partial charge in [-0.3, -0.25) is 4.68 Å². The lowest BCUT2D eigenvalue weighted by molar-refractivity contribution is 0.216. The van der Waals surface area contributed by atoms with Gasteiger partial charge in [0.15, 0.2) is 0 Å². The maximum atomic E-state index is 12.9. The van der Waals surface area contributed by atoms with Crippen molar-refractivity contribution in [1.82, 2.24) is 14.1 Å². The zero-order chi connectivity index (χ0) is 16.6. The van der Waals surface area contributed by atoms with E-state index in [1.807, 2.05) is 27.7 Å². The maximum Gasteiger partial charge on any atom is 0.246 e. The van der Waals surface area contributed by atoms with Crippen LogP contribution >= 0.6 is 0 Å². The fraction of sp³-hybridized carbons (Fsp3) is 0.786. The lowest BCUT2D eigenvalue weighted by atomic mass is 9.88. The summed E-state index contributed by atoms with van der Waals surface area (Å²) in [6.45, 7) is 12.5. The van der Waals surface area contributed by atoms with Gasteiger partial charge in [-0.1, -0.05) is 20.8 Å². The number of nitrogens with zero attached hydrogens (tertiary/aromatic N) is 3. The van der Waals surface area contributed by atoms with E-state index in [4.69, 9.17) is 5.73 Å². The minimum absolute atomic E-state index is 0.126. The topological polar surface area (TPSA) is 81.2 Å². The van der Waals surface area contributed by atoms with Gasteiger partial charge in [-0.25, -0.2) is 8.42 Å². The Bertz CT molecular complexity index is 599. The number of hydrogen-bond donors (Lipinski definition) is 1. The van der Waals surface area contributed by atoms with Crippen molar-refractivity contribution >= 4 is 10.0 Å². The number of aryl methyl sites for hydroxylation is 1. The quantitative estimate of drug-likeness (QED) is 0.893. The molecule has 2 N–H and O–H groups in total. The van der Waals surface area contributed by atoms with Gasteiger partial charge in [0.2, 0.25) is 10.0 Å². The molecule has 1 rings (SSSR count). The molecule has 0 saturated carbocycles. The fourth-order valence-electron chi connectivity index (χ4n) is 2.29. The van der Waals surface area contributed by atoms with Crippen LogP contribution in [-0.4, -0.2) is 42.1 Å². The first kappa shape index (κ1) is 18.1. The first-order chi connectivity index (χ1) is 9.44. The van der Waals surface area contributed by atoms with Crippen LogP contribution in [0.1, 0.15) is 39.1 Å². The van der Waals surface area contributed by atoms with Gasteiger partial charge in [0, 0.05) is 19.6 Å². The van der Waals surface area contributed by atoms with Gasteiger partial charge in [-0.05, 0) is 26.2 Å². The normalized spacial score (nSPS) is 14.7. The molecule has 1 aromatic rings. The second kappa shape index (κ2) is 6.06. The van der Waals surface area contributed by atoms with Crippen molar-refractivity contribution in [3.05, 3.63) is 11.4 Å². The summed E-state index contributed by atoms with van der Waals surface area (Å²) >= 11 is 0. The zero-order valence-electron chi connectivity index (χ0n) is 14.1. The highest BCUT2D eigenvalue weighted by molar-refractivity contribution is 7.89. The molecule has 6 nitrogen and oxygen atoms in total. The summed E-state index contributed by atoms with van der Waals surface area (Å²) in [5.41, 5.74) is 6.57. The van der Waals surface area contributed by atoms with Crippen LogP contribution in [0.2, 0.25) is 0 Å². The molecule has 0 bridgehead atoms. The molecule has 1 heterocycles. The van der Waals surface area contributed by atoms with Crippen molar-refractivity contribution in [3.8, 4) is 0 Å². The summed E-state index contributed by atoms with van der Waals surface area (Å²) in [5.74, 6) is 0. The maximum absolute atomic E-state index is 12.9. The molecule has 0 amide bonds. The minimum Gasteiger partial charge on any atom is -0.329 e. The second-order valence-electron chi connectivity index (χ2n) is 6.58. The van der Waals surface area contributed by atoms with Crippen LogP contribution < -0.4 is 5.73 Å². The monoisotopic (exact) mass is 316 g/mol. The van der Waals surface area contributed by atoms with Crippen molar-refractivity contribution in [2.45, 2.75) is 59.0 Å². The summed E-state index contributed by atoms with van der Waals surface area (Å²) in [5, 5.41) is 4.30. The number of aromatic nitrogens is 2. The van der Waals surface area contributed by atoms with Crippen molar-refractivity contribution < 1.29 is 8.42 Å². The van der Waals surface area contributed by atoms with Gasteiger partial charge < -0.3 is 5.73 Å². The van der Waals surface area contributed by atoms with E-state index in [1.54, 1.807) is 25.6 Å². The van der Waals surface area contributed by atoms with E-state index < -0.39 is 10.0 Å². The molecule has 0 aliphatic carbocycles. The van der Waals surface area contributed by atoms with Gasteiger partial charge in [0.05, 0.1) is 17.9 Å². The number of hydrogen-bond acceptors (Lipinski definition) is 4. The van der Waals surface area contributed by atoms with Crippen molar-refractivity contribution in [1.29, 1.82) is 0 Å². The molecule has 0 aromatic carbocycles. The molecule has 1 aromatic heterocycles. The molecule has 7 heteroatoms. The third kappa shape index (κ3) is 3.46. The van der Waals surface area contributed by atoms with E-state index in [0.717, 1.165) is 0 Å². The molecular formula is C14H28N4O2S. The Morgan fingerprint density at radius 1 is 1.33 bits per heavy atom. The van der Waals surface area contributed by atoms with Crippen molar-refractivity contribution in [2.75, 3.05) is 13.6 Å². The minimum atomic E-state index is -3.57. The van der Waals surface area contributed by atoms with E-state index >= 15 is 0 Å². The van der Waals surface area contributed by atoms with Crippen LogP contribution in [-0.2, 0) is 16.6 Å². The molecule has 1 atom stereocenters. The third-order valence-electron chi connectivity index (χ3n) is 4.09. The fourth-order valence-corrected chi connectivity index (χ4v) is 4.20. The molecule has 122 valence electrons. The Hall–Kier alpha value is -0.920. The Balaban J connectivity index is 3.32. The van der Waals surface area contributed by atoms with Gasteiger partial charge in [-0.2, -0.15) is 9.40 Å². The molecule has 1 unspecified atom stereocenters. The number of sulfonamides is 1. The van der Waals surface area contributed by atoms with E-state index in [0.29, 0.717) is 29.4 Å². The number of rotatable bonds is 5. The van der Waals surface area contributed by atoms with Gasteiger partial charge in [-0.15, -0.1) is 0 Å². The standard InChI is InChI=1S/C14H28N4O2S/c1-10-13(11(2)18(16-10)9-8-15)21(19,20)17(7)12(3)14(4,5)6/h12H,8-9,15H2,1-7H3. The van der Waals surface area contributed by atoms with Crippen LogP contribution in [0.3, 0.4) is 0 Å². The Labute approximate surface area is 128 Å². The highest BCUT2D eigenvalue weighted by Gasteiger charge is 2.35. The van der Waals surface area contributed by atoms with E-state index in [1.165, 1.54) is 4.31 Å². The summed E-state index contributed by atoms with van der Waals surface area (Å²) in [4.78, 5) is 0.301. The van der Waals surface area contributed by atoms with Gasteiger partial charge in [0.25, 0.3) is 0 Å². The van der Waals surface area contributed by atoms with E-state index in [9.17, 15) is 8.42 Å². The van der Waals surface area contributed by atoms with Crippen LogP contribution in [0.15, 0.2) is 4.90 Å². The SMILES string of the molecule is Cc1nn(CCN)c(C)c1S(=O)(=O)N(C)C(C)C(C)(C)C. The summed E-state index contributed by atoms with van der Waals surface area (Å²) < 4.78 is 28.9. The molecule has 0 radical (unpaired) electrons. The van der Waals surface area contributed by atoms with Crippen LogP contribution in [0.25, 0.3) is 0 Å². The highest BCUT2D eigenvalue weighted by Crippen LogP contribution is 2.30. The van der Waals surface area contributed by atoms with Crippen LogP contribution in [0.5, 0.6) is 0 Å². The smallest absolute Gasteiger partial charge is 0.246 e. The molecular weight excluding hydrogens is 288 g/mol. The predicted molar refractivity (Wildman–Crippen MR) is 84.6 cm³/mol. The van der Waals surface area contributed by atoms with Crippen LogP contribution in [0, 0.1) is 19.3 Å².